The number of halogens is 1. The van der Waals surface area contributed by atoms with Crippen molar-refractivity contribution < 1.29 is 14.6 Å². The first-order chi connectivity index (χ1) is 9.19. The molecule has 1 aromatic carbocycles. The van der Waals surface area contributed by atoms with Crippen molar-refractivity contribution in [3.63, 3.8) is 0 Å². The zero-order chi connectivity index (χ0) is 14.1. The maximum absolute atomic E-state index is 12.0. The number of aliphatic hydroxyl groups excluding tert-OH is 1. The van der Waals surface area contributed by atoms with Crippen LogP contribution in [-0.4, -0.2) is 42.8 Å². The Bertz CT molecular complexity index is 415. The second kappa shape index (κ2) is 9.23. The highest BCUT2D eigenvalue weighted by Gasteiger charge is 2.10. The summed E-state index contributed by atoms with van der Waals surface area (Å²) >= 11 is 5.07. The van der Waals surface area contributed by atoms with Crippen molar-refractivity contribution >= 4 is 33.6 Å². The minimum Gasteiger partial charge on any atom is -0.497 e. The first-order valence-corrected chi connectivity index (χ1v) is 7.94. The third kappa shape index (κ3) is 5.84. The number of carbonyl (C=O) groups excluding carboxylic acids is 1. The second-order valence-corrected chi connectivity index (χ2v) is 5.87. The van der Waals surface area contributed by atoms with E-state index in [1.54, 1.807) is 37.1 Å². The van der Waals surface area contributed by atoms with E-state index in [9.17, 15) is 4.79 Å². The van der Waals surface area contributed by atoms with Crippen LogP contribution in [0.4, 0.5) is 0 Å². The van der Waals surface area contributed by atoms with E-state index in [0.29, 0.717) is 17.9 Å². The van der Waals surface area contributed by atoms with Gasteiger partial charge < -0.3 is 15.2 Å². The van der Waals surface area contributed by atoms with E-state index in [2.05, 4.69) is 21.2 Å². The van der Waals surface area contributed by atoms with E-state index in [-0.39, 0.29) is 12.5 Å². The normalized spacial score (nSPS) is 10.3. The number of hydrogen-bond donors (Lipinski definition) is 2. The Morgan fingerprint density at radius 1 is 1.47 bits per heavy atom. The first kappa shape index (κ1) is 16.3. The minimum atomic E-state index is -0.117. The number of carbonyl (C=O) groups is 1. The van der Waals surface area contributed by atoms with Crippen molar-refractivity contribution in [3.8, 4) is 5.75 Å². The number of aliphatic hydroxyl groups is 1. The van der Waals surface area contributed by atoms with Crippen LogP contribution in [0, 0.1) is 0 Å². The Morgan fingerprint density at radius 2 is 2.26 bits per heavy atom. The molecule has 0 spiro atoms. The average Bonchev–Trinajstić information content (AvgIpc) is 2.43. The van der Waals surface area contributed by atoms with Crippen molar-refractivity contribution in [2.45, 2.75) is 6.42 Å². The predicted molar refractivity (Wildman–Crippen MR) is 82.1 cm³/mol. The summed E-state index contributed by atoms with van der Waals surface area (Å²) in [5, 5.41) is 11.5. The zero-order valence-electron chi connectivity index (χ0n) is 10.8. The maximum Gasteiger partial charge on any atom is 0.252 e. The monoisotopic (exact) mass is 347 g/mol. The molecule has 0 aliphatic heterocycles. The lowest BCUT2D eigenvalue weighted by Gasteiger charge is -2.08. The number of methoxy groups -OCH3 is 1. The van der Waals surface area contributed by atoms with Gasteiger partial charge in [-0.1, -0.05) is 0 Å². The first-order valence-electron chi connectivity index (χ1n) is 5.99. The van der Waals surface area contributed by atoms with Gasteiger partial charge in [-0.05, 0) is 46.3 Å². The number of benzene rings is 1. The molecule has 0 unspecified atom stereocenters. The van der Waals surface area contributed by atoms with Gasteiger partial charge in [-0.3, -0.25) is 4.79 Å². The number of thioether (sulfide) groups is 1. The molecule has 0 saturated heterocycles. The van der Waals surface area contributed by atoms with Crippen molar-refractivity contribution in [2.24, 2.45) is 0 Å². The van der Waals surface area contributed by atoms with Gasteiger partial charge in [-0.2, -0.15) is 11.8 Å². The number of rotatable bonds is 8. The van der Waals surface area contributed by atoms with Crippen LogP contribution in [0.2, 0.25) is 0 Å². The largest absolute Gasteiger partial charge is 0.497 e. The number of nitrogens with one attached hydrogen (secondary N) is 1. The summed E-state index contributed by atoms with van der Waals surface area (Å²) in [5.74, 6) is 2.29. The summed E-state index contributed by atoms with van der Waals surface area (Å²) in [6.07, 6.45) is 0.792. The quantitative estimate of drug-likeness (QED) is 0.708. The highest BCUT2D eigenvalue weighted by molar-refractivity contribution is 9.10. The van der Waals surface area contributed by atoms with Gasteiger partial charge in [-0.15, -0.1) is 0 Å². The molecule has 0 heterocycles. The summed E-state index contributed by atoms with van der Waals surface area (Å²) < 4.78 is 5.85. The molecule has 0 atom stereocenters. The van der Waals surface area contributed by atoms with Crippen LogP contribution in [0.3, 0.4) is 0 Å². The summed E-state index contributed by atoms with van der Waals surface area (Å²) in [7, 11) is 1.57. The Labute approximate surface area is 126 Å². The van der Waals surface area contributed by atoms with Gasteiger partial charge in [0.15, 0.2) is 0 Å². The topological polar surface area (TPSA) is 58.6 Å². The molecule has 0 aliphatic carbocycles. The molecule has 106 valence electrons. The Morgan fingerprint density at radius 3 is 2.95 bits per heavy atom. The average molecular weight is 348 g/mol. The van der Waals surface area contributed by atoms with E-state index >= 15 is 0 Å². The predicted octanol–water partition coefficient (Wildman–Crippen LogP) is 2.30. The maximum atomic E-state index is 12.0. The Balaban J connectivity index is 2.40. The van der Waals surface area contributed by atoms with Crippen molar-refractivity contribution in [1.82, 2.24) is 5.32 Å². The molecule has 1 amide bonds. The van der Waals surface area contributed by atoms with E-state index in [1.807, 2.05) is 0 Å². The van der Waals surface area contributed by atoms with Gasteiger partial charge in [0.25, 0.3) is 5.91 Å². The summed E-state index contributed by atoms with van der Waals surface area (Å²) in [6.45, 7) is 0.828. The van der Waals surface area contributed by atoms with Gasteiger partial charge in [-0.25, -0.2) is 0 Å². The lowest BCUT2D eigenvalue weighted by Crippen LogP contribution is -2.26. The highest BCUT2D eigenvalue weighted by atomic mass is 79.9. The van der Waals surface area contributed by atoms with Crippen molar-refractivity contribution in [3.05, 3.63) is 28.2 Å². The smallest absolute Gasteiger partial charge is 0.252 e. The molecule has 19 heavy (non-hydrogen) atoms. The van der Waals surface area contributed by atoms with Crippen LogP contribution < -0.4 is 10.1 Å². The molecule has 0 aromatic heterocycles. The fourth-order valence-electron chi connectivity index (χ4n) is 1.41. The van der Waals surface area contributed by atoms with E-state index in [0.717, 1.165) is 22.4 Å². The van der Waals surface area contributed by atoms with E-state index < -0.39 is 0 Å². The number of amides is 1. The SMILES string of the molecule is COc1ccc(Br)c(C(=O)NCCSCCCO)c1. The lowest BCUT2D eigenvalue weighted by atomic mass is 10.2. The van der Waals surface area contributed by atoms with Crippen LogP contribution in [0.5, 0.6) is 5.75 Å². The van der Waals surface area contributed by atoms with Crippen LogP contribution in [-0.2, 0) is 0 Å². The molecule has 4 nitrogen and oxygen atoms in total. The molecule has 6 heteroatoms. The van der Waals surface area contributed by atoms with Crippen LogP contribution in [0.1, 0.15) is 16.8 Å². The van der Waals surface area contributed by atoms with Gasteiger partial charge in [0.2, 0.25) is 0 Å². The molecule has 0 saturated carbocycles. The fourth-order valence-corrected chi connectivity index (χ4v) is 2.62. The molecule has 0 fully saturated rings. The van der Waals surface area contributed by atoms with Gasteiger partial charge in [0.05, 0.1) is 12.7 Å². The standard InChI is InChI=1S/C13H18BrNO3S/c1-18-10-3-4-12(14)11(9-10)13(17)15-5-8-19-7-2-6-16/h3-4,9,16H,2,5-8H2,1H3,(H,15,17). The minimum absolute atomic E-state index is 0.117. The van der Waals surface area contributed by atoms with Crippen LogP contribution >= 0.6 is 27.7 Å². The highest BCUT2D eigenvalue weighted by Crippen LogP contribution is 2.22. The molecular weight excluding hydrogens is 330 g/mol. The zero-order valence-corrected chi connectivity index (χ0v) is 13.2. The Kier molecular flexibility index (Phi) is 7.93. The van der Waals surface area contributed by atoms with Crippen molar-refractivity contribution in [1.29, 1.82) is 0 Å². The lowest BCUT2D eigenvalue weighted by molar-refractivity contribution is 0.0955. The second-order valence-electron chi connectivity index (χ2n) is 3.79. The van der Waals surface area contributed by atoms with Crippen molar-refractivity contribution in [2.75, 3.05) is 31.8 Å². The van der Waals surface area contributed by atoms with E-state index in [4.69, 9.17) is 9.84 Å². The van der Waals surface area contributed by atoms with E-state index in [1.165, 1.54) is 0 Å². The summed E-state index contributed by atoms with van der Waals surface area (Å²) in [4.78, 5) is 12.0. The molecule has 0 aliphatic rings. The number of hydrogen-bond acceptors (Lipinski definition) is 4. The van der Waals surface area contributed by atoms with Gasteiger partial charge in [0, 0.05) is 23.4 Å². The van der Waals surface area contributed by atoms with Gasteiger partial charge in [0.1, 0.15) is 5.75 Å². The number of ether oxygens (including phenoxy) is 1. The molecule has 1 aromatic rings. The molecular formula is C13H18BrNO3S. The third-order valence-corrected chi connectivity index (χ3v) is 4.16. The third-order valence-electron chi connectivity index (χ3n) is 2.40. The molecule has 1 rings (SSSR count). The fraction of sp³-hybridized carbons (Fsp3) is 0.462. The van der Waals surface area contributed by atoms with Crippen LogP contribution in [0.15, 0.2) is 22.7 Å². The van der Waals surface area contributed by atoms with Crippen LogP contribution in [0.25, 0.3) is 0 Å². The Hall–Kier alpha value is -0.720. The molecule has 2 N–H and O–H groups in total. The molecule has 0 bridgehead atoms. The summed E-state index contributed by atoms with van der Waals surface area (Å²) in [5.41, 5.74) is 0.569. The molecule has 0 radical (unpaired) electrons. The summed E-state index contributed by atoms with van der Waals surface area (Å²) in [6, 6.07) is 5.30. The van der Waals surface area contributed by atoms with Gasteiger partial charge >= 0.3 is 0 Å².